The van der Waals surface area contributed by atoms with Crippen LogP contribution in [0.15, 0.2) is 22.7 Å². The van der Waals surface area contributed by atoms with Crippen LogP contribution in [-0.2, 0) is 0 Å². The average Bonchev–Trinajstić information content (AvgIpc) is 2.60. The summed E-state index contributed by atoms with van der Waals surface area (Å²) in [5, 5.41) is 14.2. The van der Waals surface area contributed by atoms with Gasteiger partial charge >= 0.3 is 0 Å². The van der Waals surface area contributed by atoms with Crippen LogP contribution in [0.2, 0.25) is 0 Å². The van der Waals surface area contributed by atoms with Gasteiger partial charge < -0.3 is 10.2 Å². The van der Waals surface area contributed by atoms with Gasteiger partial charge in [0.15, 0.2) is 0 Å². The lowest BCUT2D eigenvalue weighted by molar-refractivity contribution is -0.385. The molecule has 1 N–H and O–H groups in total. The molecule has 2 unspecified atom stereocenters. The Bertz CT molecular complexity index is 457. The maximum absolute atomic E-state index is 10.9. The van der Waals surface area contributed by atoms with Crippen LogP contribution in [0.1, 0.15) is 13.3 Å². The summed E-state index contributed by atoms with van der Waals surface area (Å²) < 4.78 is 0.509. The second kappa shape index (κ2) is 5.24. The van der Waals surface area contributed by atoms with Gasteiger partial charge in [0, 0.05) is 30.4 Å². The third-order valence-electron chi connectivity index (χ3n) is 3.40. The summed E-state index contributed by atoms with van der Waals surface area (Å²) in [4.78, 5) is 12.8. The number of benzene rings is 1. The van der Waals surface area contributed by atoms with E-state index >= 15 is 0 Å². The second-order valence-electron chi connectivity index (χ2n) is 4.79. The molecule has 0 spiro atoms. The van der Waals surface area contributed by atoms with Crippen LogP contribution in [0.4, 0.5) is 11.4 Å². The average molecular weight is 314 g/mol. The summed E-state index contributed by atoms with van der Waals surface area (Å²) in [7, 11) is 2.09. The molecule has 1 heterocycles. The maximum atomic E-state index is 10.9. The van der Waals surface area contributed by atoms with Crippen LogP contribution in [0.5, 0.6) is 0 Å². The highest BCUT2D eigenvalue weighted by Crippen LogP contribution is 2.29. The van der Waals surface area contributed by atoms with Gasteiger partial charge in [0.25, 0.3) is 5.69 Å². The van der Waals surface area contributed by atoms with E-state index in [1.165, 1.54) is 0 Å². The van der Waals surface area contributed by atoms with Crippen molar-refractivity contribution >= 4 is 27.3 Å². The van der Waals surface area contributed by atoms with Gasteiger partial charge in [0.05, 0.1) is 9.40 Å². The lowest BCUT2D eigenvalue weighted by Gasteiger charge is -2.14. The minimum atomic E-state index is -0.376. The van der Waals surface area contributed by atoms with Gasteiger partial charge in [-0.3, -0.25) is 10.1 Å². The minimum absolute atomic E-state index is 0.0967. The number of hydrogen-bond acceptors (Lipinski definition) is 4. The first-order chi connectivity index (χ1) is 8.47. The highest BCUT2D eigenvalue weighted by molar-refractivity contribution is 9.10. The van der Waals surface area contributed by atoms with E-state index < -0.39 is 0 Å². The Morgan fingerprint density at radius 2 is 2.28 bits per heavy atom. The van der Waals surface area contributed by atoms with Gasteiger partial charge in [0.2, 0.25) is 0 Å². The van der Waals surface area contributed by atoms with Gasteiger partial charge in [-0.25, -0.2) is 0 Å². The third kappa shape index (κ3) is 2.81. The fraction of sp³-hybridized carbons (Fsp3) is 0.500. The zero-order valence-corrected chi connectivity index (χ0v) is 12.0. The number of halogens is 1. The minimum Gasteiger partial charge on any atom is -0.381 e. The molecule has 2 atom stereocenters. The largest absolute Gasteiger partial charge is 0.381 e. The summed E-state index contributed by atoms with van der Waals surface area (Å²) in [5.41, 5.74) is 0.900. The number of likely N-dealkylation sites (N-methyl/N-ethyl adjacent to an activating group) is 1. The number of anilines is 1. The summed E-state index contributed by atoms with van der Waals surface area (Å²) in [6, 6.07) is 6.05. The number of nitrogens with zero attached hydrogens (tertiary/aromatic N) is 2. The molecule has 0 aliphatic carbocycles. The normalized spacial score (nSPS) is 24.2. The van der Waals surface area contributed by atoms with Crippen molar-refractivity contribution in [3.8, 4) is 0 Å². The lowest BCUT2D eigenvalue weighted by Crippen LogP contribution is -2.24. The molecule has 1 saturated heterocycles. The van der Waals surface area contributed by atoms with E-state index in [-0.39, 0.29) is 10.6 Å². The molecule has 0 aromatic heterocycles. The van der Waals surface area contributed by atoms with Gasteiger partial charge in [-0.15, -0.1) is 0 Å². The predicted molar refractivity (Wildman–Crippen MR) is 74.9 cm³/mol. The van der Waals surface area contributed by atoms with Crippen molar-refractivity contribution in [2.45, 2.75) is 25.4 Å². The molecule has 6 heteroatoms. The molecule has 2 rings (SSSR count). The van der Waals surface area contributed by atoms with Crippen LogP contribution in [-0.4, -0.2) is 35.5 Å². The first-order valence-corrected chi connectivity index (χ1v) is 6.67. The third-order valence-corrected chi connectivity index (χ3v) is 4.07. The Labute approximate surface area is 114 Å². The molecule has 98 valence electrons. The Balaban J connectivity index is 2.11. The van der Waals surface area contributed by atoms with E-state index in [9.17, 15) is 10.1 Å². The molecule has 1 aromatic rings. The number of likely N-dealkylation sites (tertiary alicyclic amines) is 1. The number of nitro benzene ring substituents is 1. The van der Waals surface area contributed by atoms with E-state index in [0.29, 0.717) is 16.6 Å². The molecule has 1 aliphatic heterocycles. The fourth-order valence-electron chi connectivity index (χ4n) is 2.28. The summed E-state index contributed by atoms with van der Waals surface area (Å²) in [6.07, 6.45) is 1.06. The molecule has 5 nitrogen and oxygen atoms in total. The van der Waals surface area contributed by atoms with Crippen molar-refractivity contribution < 1.29 is 4.92 Å². The first-order valence-electron chi connectivity index (χ1n) is 5.88. The second-order valence-corrected chi connectivity index (χ2v) is 5.64. The van der Waals surface area contributed by atoms with Crippen molar-refractivity contribution in [3.63, 3.8) is 0 Å². The molecule has 0 bridgehead atoms. The van der Waals surface area contributed by atoms with Crippen LogP contribution in [0, 0.1) is 10.1 Å². The highest BCUT2D eigenvalue weighted by atomic mass is 79.9. The molecule has 1 aromatic carbocycles. The molecule has 0 radical (unpaired) electrons. The molecular formula is C12H16BrN3O2. The number of rotatable bonds is 3. The van der Waals surface area contributed by atoms with Gasteiger partial charge in [0.1, 0.15) is 0 Å². The number of hydrogen-bond donors (Lipinski definition) is 1. The Morgan fingerprint density at radius 1 is 1.56 bits per heavy atom. The monoisotopic (exact) mass is 313 g/mol. The van der Waals surface area contributed by atoms with Crippen molar-refractivity contribution in [1.82, 2.24) is 4.90 Å². The van der Waals surface area contributed by atoms with Gasteiger partial charge in [-0.1, -0.05) is 0 Å². The smallest absolute Gasteiger partial charge is 0.285 e. The van der Waals surface area contributed by atoms with Crippen molar-refractivity contribution in [1.29, 1.82) is 0 Å². The Morgan fingerprint density at radius 3 is 2.83 bits per heavy atom. The topological polar surface area (TPSA) is 58.4 Å². The maximum Gasteiger partial charge on any atom is 0.285 e. The molecule has 18 heavy (non-hydrogen) atoms. The fourth-order valence-corrected chi connectivity index (χ4v) is 2.67. The predicted octanol–water partition coefficient (Wildman–Crippen LogP) is 2.86. The van der Waals surface area contributed by atoms with E-state index in [4.69, 9.17) is 0 Å². The SMILES string of the molecule is CC1CC(Nc2ccc(Br)c([N+](=O)[O-])c2)CN1C. The van der Waals surface area contributed by atoms with Gasteiger partial charge in [-0.05, 0) is 48.5 Å². The van der Waals surface area contributed by atoms with Crippen molar-refractivity contribution in [2.24, 2.45) is 0 Å². The standard InChI is InChI=1S/C12H16BrN3O2/c1-8-5-10(7-15(8)2)14-9-3-4-11(13)12(6-9)16(17)18/h3-4,6,8,10,14H,5,7H2,1-2H3. The highest BCUT2D eigenvalue weighted by Gasteiger charge is 2.26. The van der Waals surface area contributed by atoms with E-state index in [2.05, 4.69) is 40.1 Å². The Hall–Kier alpha value is -1.14. The molecular weight excluding hydrogens is 298 g/mol. The van der Waals surface area contributed by atoms with Gasteiger partial charge in [-0.2, -0.15) is 0 Å². The van der Waals surface area contributed by atoms with E-state index in [1.54, 1.807) is 12.1 Å². The Kier molecular flexibility index (Phi) is 3.87. The summed E-state index contributed by atoms with van der Waals surface area (Å²) in [6.45, 7) is 3.15. The van der Waals surface area contributed by atoms with E-state index in [1.807, 2.05) is 6.07 Å². The summed E-state index contributed by atoms with van der Waals surface area (Å²) >= 11 is 3.19. The molecule has 0 amide bonds. The quantitative estimate of drug-likeness (QED) is 0.688. The van der Waals surface area contributed by atoms with Crippen LogP contribution in [0.25, 0.3) is 0 Å². The van der Waals surface area contributed by atoms with Crippen molar-refractivity contribution in [3.05, 3.63) is 32.8 Å². The zero-order chi connectivity index (χ0) is 13.3. The van der Waals surface area contributed by atoms with E-state index in [0.717, 1.165) is 18.7 Å². The van der Waals surface area contributed by atoms with Crippen LogP contribution < -0.4 is 5.32 Å². The molecule has 1 fully saturated rings. The van der Waals surface area contributed by atoms with Crippen LogP contribution in [0.3, 0.4) is 0 Å². The van der Waals surface area contributed by atoms with Crippen molar-refractivity contribution in [2.75, 3.05) is 18.9 Å². The number of nitro groups is 1. The first kappa shape index (κ1) is 13.3. The lowest BCUT2D eigenvalue weighted by atomic mass is 10.2. The van der Waals surface area contributed by atoms with Crippen LogP contribution >= 0.6 is 15.9 Å². The molecule has 0 saturated carbocycles. The number of nitrogens with one attached hydrogen (secondary N) is 1. The molecule has 1 aliphatic rings. The zero-order valence-electron chi connectivity index (χ0n) is 10.4. The summed E-state index contributed by atoms with van der Waals surface area (Å²) in [5.74, 6) is 0.